The lowest BCUT2D eigenvalue weighted by molar-refractivity contribution is -0.119. The maximum Gasteiger partial charge on any atom is 0.262 e. The number of carbonyl (C=O) groups is 1. The van der Waals surface area contributed by atoms with Crippen molar-refractivity contribution in [1.82, 2.24) is 30.3 Å². The molecule has 2 aromatic carbocycles. The van der Waals surface area contributed by atoms with Crippen molar-refractivity contribution in [2.24, 2.45) is 0 Å². The molecule has 1 aliphatic rings. The Labute approximate surface area is 281 Å². The van der Waals surface area contributed by atoms with Gasteiger partial charge in [-0.15, -0.1) is 0 Å². The molecule has 0 bridgehead atoms. The fourth-order valence-corrected chi connectivity index (χ4v) is 6.41. The number of rotatable bonds is 12. The summed E-state index contributed by atoms with van der Waals surface area (Å²) in [6.45, 7) is 1.91. The van der Waals surface area contributed by atoms with Gasteiger partial charge in [-0.2, -0.15) is 0 Å². The van der Waals surface area contributed by atoms with E-state index in [2.05, 4.69) is 20.9 Å². The van der Waals surface area contributed by atoms with Crippen molar-refractivity contribution in [2.45, 2.75) is 32.0 Å². The second-order valence-corrected chi connectivity index (χ2v) is 12.0. The first-order chi connectivity index (χ1) is 22.9. The van der Waals surface area contributed by atoms with Crippen molar-refractivity contribution >= 4 is 34.8 Å². The van der Waals surface area contributed by atoms with Crippen molar-refractivity contribution in [2.75, 3.05) is 26.8 Å². The number of aliphatic hydroxyl groups is 1. The summed E-state index contributed by atoms with van der Waals surface area (Å²) in [6, 6.07) is 19.2. The summed E-state index contributed by atoms with van der Waals surface area (Å²) in [5.41, 5.74) is 6.17. The maximum atomic E-state index is 13.0. The number of methoxy groups -OCH3 is 1. The van der Waals surface area contributed by atoms with Crippen LogP contribution in [-0.4, -0.2) is 58.2 Å². The summed E-state index contributed by atoms with van der Waals surface area (Å²) < 4.78 is 7.12. The number of carbonyl (C=O) groups excluding carboxylic acids is 1. The predicted molar refractivity (Wildman–Crippen MR) is 184 cm³/mol. The third-order valence-electron chi connectivity index (χ3n) is 8.18. The predicted octanol–water partition coefficient (Wildman–Crippen LogP) is 4.86. The molecule has 242 valence electrons. The molecule has 12 heteroatoms. The van der Waals surface area contributed by atoms with Crippen LogP contribution >= 0.6 is 23.2 Å². The van der Waals surface area contributed by atoms with Gasteiger partial charge in [0.2, 0.25) is 11.8 Å². The number of aromatic nitrogens is 3. The molecule has 1 fully saturated rings. The number of nitrogens with one attached hydrogen (secondary N) is 3. The number of halogens is 2. The van der Waals surface area contributed by atoms with Crippen LogP contribution in [0, 0.1) is 0 Å². The molecular formula is C35H34Cl2N6O4. The number of fused-ring (bicyclic) bond motifs is 1. The van der Waals surface area contributed by atoms with E-state index < -0.39 is 0 Å². The van der Waals surface area contributed by atoms with Gasteiger partial charge in [0.1, 0.15) is 5.65 Å². The third-order valence-corrected chi connectivity index (χ3v) is 9.00. The van der Waals surface area contributed by atoms with E-state index in [0.717, 1.165) is 39.8 Å². The van der Waals surface area contributed by atoms with Crippen LogP contribution in [-0.2, 0) is 17.9 Å². The van der Waals surface area contributed by atoms with Crippen molar-refractivity contribution < 1.29 is 14.6 Å². The molecule has 1 atom stereocenters. The van der Waals surface area contributed by atoms with Crippen LogP contribution in [0.15, 0.2) is 77.9 Å². The number of ether oxygens (including phenoxy) is 1. The molecular weight excluding hydrogens is 639 g/mol. The molecule has 1 unspecified atom stereocenters. The monoisotopic (exact) mass is 672 g/mol. The number of aliphatic hydroxyl groups excluding tert-OH is 1. The van der Waals surface area contributed by atoms with Gasteiger partial charge in [-0.3, -0.25) is 14.0 Å². The van der Waals surface area contributed by atoms with E-state index in [1.807, 2.05) is 60.7 Å². The number of hydrogen-bond acceptors (Lipinski definition) is 8. The SMILES string of the molecule is COc1nc(-c2cccc(-c3cccc(-c4ccn5c(=O)c(CNCCO)cnc5c4)c3Cl)c2Cl)ccc1CNCC1CCC(=O)N1. The van der Waals surface area contributed by atoms with E-state index >= 15 is 0 Å². The highest BCUT2D eigenvalue weighted by molar-refractivity contribution is 6.39. The van der Waals surface area contributed by atoms with Crippen LogP contribution in [0.5, 0.6) is 5.88 Å². The van der Waals surface area contributed by atoms with Gasteiger partial charge in [0.25, 0.3) is 5.56 Å². The van der Waals surface area contributed by atoms with E-state index in [1.165, 1.54) is 4.40 Å². The lowest BCUT2D eigenvalue weighted by Gasteiger charge is -2.16. The Morgan fingerprint density at radius 1 is 0.957 bits per heavy atom. The Morgan fingerprint density at radius 2 is 1.68 bits per heavy atom. The molecule has 1 aliphatic heterocycles. The smallest absolute Gasteiger partial charge is 0.262 e. The van der Waals surface area contributed by atoms with Crippen LogP contribution in [0.1, 0.15) is 24.0 Å². The minimum absolute atomic E-state index is 0.0114. The number of nitrogens with zero attached hydrogens (tertiary/aromatic N) is 3. The lowest BCUT2D eigenvalue weighted by Crippen LogP contribution is -2.35. The van der Waals surface area contributed by atoms with E-state index in [4.69, 9.17) is 38.0 Å². The van der Waals surface area contributed by atoms with Crippen molar-refractivity contribution in [1.29, 1.82) is 0 Å². The van der Waals surface area contributed by atoms with Crippen LogP contribution in [0.25, 0.3) is 39.2 Å². The first-order valence-electron chi connectivity index (χ1n) is 15.3. The maximum absolute atomic E-state index is 13.0. The molecule has 4 heterocycles. The van der Waals surface area contributed by atoms with Crippen LogP contribution in [0.3, 0.4) is 0 Å². The normalized spacial score (nSPS) is 14.5. The molecule has 1 amide bonds. The zero-order valence-corrected chi connectivity index (χ0v) is 27.2. The zero-order chi connectivity index (χ0) is 32.9. The average Bonchev–Trinajstić information content (AvgIpc) is 3.51. The highest BCUT2D eigenvalue weighted by Crippen LogP contribution is 2.42. The van der Waals surface area contributed by atoms with Gasteiger partial charge in [-0.25, -0.2) is 9.97 Å². The zero-order valence-electron chi connectivity index (χ0n) is 25.7. The largest absolute Gasteiger partial charge is 0.481 e. The Bertz CT molecular complexity index is 2000. The molecule has 47 heavy (non-hydrogen) atoms. The summed E-state index contributed by atoms with van der Waals surface area (Å²) in [5, 5.41) is 19.4. The number of pyridine rings is 2. The topological polar surface area (TPSA) is 130 Å². The van der Waals surface area contributed by atoms with Crippen LogP contribution in [0.2, 0.25) is 10.0 Å². The molecule has 4 N–H and O–H groups in total. The van der Waals surface area contributed by atoms with Gasteiger partial charge in [-0.05, 0) is 30.2 Å². The van der Waals surface area contributed by atoms with Gasteiger partial charge in [-0.1, -0.05) is 65.7 Å². The van der Waals surface area contributed by atoms with Crippen molar-refractivity contribution in [3.63, 3.8) is 0 Å². The molecule has 3 aromatic heterocycles. The minimum atomic E-state index is -0.177. The first kappa shape index (κ1) is 32.6. The van der Waals surface area contributed by atoms with Crippen LogP contribution in [0.4, 0.5) is 0 Å². The minimum Gasteiger partial charge on any atom is -0.481 e. The van der Waals surface area contributed by atoms with Crippen molar-refractivity contribution in [3.05, 3.63) is 105 Å². The Morgan fingerprint density at radius 3 is 2.40 bits per heavy atom. The lowest BCUT2D eigenvalue weighted by atomic mass is 9.97. The Hall–Kier alpha value is -4.32. The average molecular weight is 674 g/mol. The highest BCUT2D eigenvalue weighted by atomic mass is 35.5. The Balaban J connectivity index is 1.26. The van der Waals surface area contributed by atoms with Gasteiger partial charge in [0, 0.05) is 84.4 Å². The third kappa shape index (κ3) is 7.02. The summed E-state index contributed by atoms with van der Waals surface area (Å²) in [6.07, 6.45) is 4.64. The molecule has 0 saturated carbocycles. The molecule has 0 aliphatic carbocycles. The first-order valence-corrected chi connectivity index (χ1v) is 16.1. The standard InChI is InChI=1S/C35H34Cl2N6O4/c1-47-34-22(17-39-20-24-9-11-31(45)41-24)8-10-29(42-34)28-7-3-6-27(33(28)37)26-5-2-4-25(32(26)36)21-12-14-43-30(16-21)40-19-23(35(43)46)18-38-13-15-44/h2-8,10,12,14,16,19,24,38-39,44H,9,11,13,15,17-18,20H2,1H3,(H,41,45). The fourth-order valence-electron chi connectivity index (χ4n) is 5.75. The van der Waals surface area contributed by atoms with Gasteiger partial charge in [0.05, 0.1) is 29.5 Å². The summed E-state index contributed by atoms with van der Waals surface area (Å²) in [4.78, 5) is 33.7. The quantitative estimate of drug-likeness (QED) is 0.138. The number of amides is 1. The number of benzene rings is 2. The number of hydrogen-bond donors (Lipinski definition) is 4. The van der Waals surface area contributed by atoms with E-state index in [9.17, 15) is 9.59 Å². The molecule has 0 radical (unpaired) electrons. The second kappa shape index (κ2) is 14.6. The van der Waals surface area contributed by atoms with E-state index in [0.29, 0.717) is 65.4 Å². The fraction of sp³-hybridized carbons (Fsp3) is 0.257. The molecule has 10 nitrogen and oxygen atoms in total. The Kier molecular flexibility index (Phi) is 10.1. The second-order valence-electron chi connectivity index (χ2n) is 11.3. The van der Waals surface area contributed by atoms with Crippen molar-refractivity contribution in [3.8, 4) is 39.4 Å². The molecule has 0 spiro atoms. The van der Waals surface area contributed by atoms with E-state index in [-0.39, 0.29) is 24.1 Å². The molecule has 1 saturated heterocycles. The van der Waals surface area contributed by atoms with Gasteiger partial charge < -0.3 is 25.8 Å². The molecule has 6 rings (SSSR count). The van der Waals surface area contributed by atoms with Gasteiger partial charge >= 0.3 is 0 Å². The van der Waals surface area contributed by atoms with Crippen LogP contribution < -0.4 is 26.2 Å². The highest BCUT2D eigenvalue weighted by Gasteiger charge is 2.21. The van der Waals surface area contributed by atoms with E-state index in [1.54, 1.807) is 19.5 Å². The molecule has 5 aromatic rings. The van der Waals surface area contributed by atoms with Gasteiger partial charge in [0.15, 0.2) is 0 Å². The summed E-state index contributed by atoms with van der Waals surface area (Å²) >= 11 is 14.1. The summed E-state index contributed by atoms with van der Waals surface area (Å²) in [5.74, 6) is 0.583. The summed E-state index contributed by atoms with van der Waals surface area (Å²) in [7, 11) is 1.59.